The molecule has 0 saturated heterocycles. The highest BCUT2D eigenvalue weighted by molar-refractivity contribution is 6.33. The van der Waals surface area contributed by atoms with Gasteiger partial charge in [0.2, 0.25) is 0 Å². The van der Waals surface area contributed by atoms with Crippen LogP contribution in [0.15, 0.2) is 24.3 Å². The molecule has 0 bridgehead atoms. The SMILES string of the molecule is CC1CCCC1(C#N)Nc1ccccc1Cl. The van der Waals surface area contributed by atoms with Crippen molar-refractivity contribution in [3.8, 4) is 6.07 Å². The summed E-state index contributed by atoms with van der Waals surface area (Å²) < 4.78 is 0. The van der Waals surface area contributed by atoms with Gasteiger partial charge in [-0.15, -0.1) is 0 Å². The lowest BCUT2D eigenvalue weighted by Crippen LogP contribution is -2.39. The maximum absolute atomic E-state index is 9.38. The number of para-hydroxylation sites is 1. The number of nitrogens with zero attached hydrogens (tertiary/aromatic N) is 1. The molecule has 2 atom stereocenters. The molecule has 1 fully saturated rings. The van der Waals surface area contributed by atoms with E-state index in [9.17, 15) is 5.26 Å². The van der Waals surface area contributed by atoms with E-state index >= 15 is 0 Å². The Bertz CT molecular complexity index is 424. The molecule has 1 aliphatic carbocycles. The van der Waals surface area contributed by atoms with Crippen molar-refractivity contribution >= 4 is 17.3 Å². The molecular weight excluding hydrogens is 220 g/mol. The van der Waals surface area contributed by atoms with E-state index in [1.165, 1.54) is 0 Å². The Morgan fingerprint density at radius 3 is 2.81 bits per heavy atom. The van der Waals surface area contributed by atoms with Gasteiger partial charge in [-0.3, -0.25) is 0 Å². The van der Waals surface area contributed by atoms with Gasteiger partial charge in [0.1, 0.15) is 5.54 Å². The molecule has 2 unspecified atom stereocenters. The number of nitriles is 1. The van der Waals surface area contributed by atoms with Gasteiger partial charge in [-0.25, -0.2) is 0 Å². The topological polar surface area (TPSA) is 35.8 Å². The van der Waals surface area contributed by atoms with Crippen LogP contribution in [0.25, 0.3) is 0 Å². The van der Waals surface area contributed by atoms with Gasteiger partial charge in [0.25, 0.3) is 0 Å². The van der Waals surface area contributed by atoms with Gasteiger partial charge < -0.3 is 5.32 Å². The number of hydrogen-bond acceptors (Lipinski definition) is 2. The maximum atomic E-state index is 9.38. The van der Waals surface area contributed by atoms with Crippen LogP contribution >= 0.6 is 11.6 Å². The zero-order chi connectivity index (χ0) is 11.6. The second-order valence-corrected chi connectivity index (χ2v) is 4.89. The van der Waals surface area contributed by atoms with Crippen molar-refractivity contribution in [1.82, 2.24) is 0 Å². The highest BCUT2D eigenvalue weighted by atomic mass is 35.5. The fraction of sp³-hybridized carbons (Fsp3) is 0.462. The molecule has 84 valence electrons. The lowest BCUT2D eigenvalue weighted by Gasteiger charge is -2.29. The van der Waals surface area contributed by atoms with Gasteiger partial charge >= 0.3 is 0 Å². The zero-order valence-corrected chi connectivity index (χ0v) is 10.1. The predicted molar refractivity (Wildman–Crippen MR) is 66.4 cm³/mol. The largest absolute Gasteiger partial charge is 0.366 e. The summed E-state index contributed by atoms with van der Waals surface area (Å²) in [4.78, 5) is 0. The van der Waals surface area contributed by atoms with Gasteiger partial charge in [-0.1, -0.05) is 30.7 Å². The Morgan fingerprint density at radius 2 is 2.25 bits per heavy atom. The van der Waals surface area contributed by atoms with Crippen molar-refractivity contribution in [2.45, 2.75) is 31.7 Å². The van der Waals surface area contributed by atoms with Gasteiger partial charge in [-0.2, -0.15) is 5.26 Å². The van der Waals surface area contributed by atoms with Gasteiger partial charge in [0.05, 0.1) is 16.8 Å². The van der Waals surface area contributed by atoms with Crippen LogP contribution in [0.3, 0.4) is 0 Å². The van der Waals surface area contributed by atoms with E-state index in [4.69, 9.17) is 11.6 Å². The van der Waals surface area contributed by atoms with Crippen molar-refractivity contribution < 1.29 is 0 Å². The van der Waals surface area contributed by atoms with Gasteiger partial charge in [0, 0.05) is 0 Å². The van der Waals surface area contributed by atoms with Crippen LogP contribution in [0.1, 0.15) is 26.2 Å². The second-order valence-electron chi connectivity index (χ2n) is 4.48. The summed E-state index contributed by atoms with van der Waals surface area (Å²) in [5.41, 5.74) is 0.421. The Labute approximate surface area is 101 Å². The minimum atomic E-state index is -0.439. The highest BCUT2D eigenvalue weighted by Crippen LogP contribution is 2.38. The first-order valence-electron chi connectivity index (χ1n) is 5.62. The van der Waals surface area contributed by atoms with E-state index in [1.807, 2.05) is 24.3 Å². The molecule has 1 aliphatic rings. The first-order valence-corrected chi connectivity index (χ1v) is 6.00. The van der Waals surface area contributed by atoms with Crippen molar-refractivity contribution in [2.75, 3.05) is 5.32 Å². The molecule has 0 radical (unpaired) electrons. The van der Waals surface area contributed by atoms with E-state index in [2.05, 4.69) is 18.3 Å². The van der Waals surface area contributed by atoms with Crippen LogP contribution < -0.4 is 5.32 Å². The monoisotopic (exact) mass is 234 g/mol. The predicted octanol–water partition coefficient (Wildman–Crippen LogP) is 3.83. The summed E-state index contributed by atoms with van der Waals surface area (Å²) >= 11 is 6.10. The molecule has 1 aromatic carbocycles. The quantitative estimate of drug-likeness (QED) is 0.844. The first kappa shape index (κ1) is 11.3. The molecule has 0 spiro atoms. The number of anilines is 1. The molecule has 0 aliphatic heterocycles. The number of hydrogen-bond donors (Lipinski definition) is 1. The molecule has 2 rings (SSSR count). The Morgan fingerprint density at radius 1 is 1.50 bits per heavy atom. The summed E-state index contributed by atoms with van der Waals surface area (Å²) in [6, 6.07) is 10.0. The minimum Gasteiger partial charge on any atom is -0.366 e. The molecular formula is C13H15ClN2. The summed E-state index contributed by atoms with van der Waals surface area (Å²) in [5, 5.41) is 13.4. The molecule has 1 N–H and O–H groups in total. The molecule has 16 heavy (non-hydrogen) atoms. The number of halogens is 1. The molecule has 0 heterocycles. The third kappa shape index (κ3) is 1.88. The fourth-order valence-corrected chi connectivity index (χ4v) is 2.55. The van der Waals surface area contributed by atoms with Crippen molar-refractivity contribution in [3.05, 3.63) is 29.3 Å². The standard InChI is InChI=1S/C13H15ClN2/c1-10-5-4-8-13(10,9-15)16-12-7-3-2-6-11(12)14/h2-3,6-7,10,16H,4-5,8H2,1H3. The normalized spacial score (nSPS) is 28.7. The summed E-state index contributed by atoms with van der Waals surface area (Å²) in [6.07, 6.45) is 3.10. The minimum absolute atomic E-state index is 0.369. The molecule has 0 amide bonds. The van der Waals surface area contributed by atoms with Crippen LogP contribution in [0.5, 0.6) is 0 Å². The first-order chi connectivity index (χ1) is 7.68. The summed E-state index contributed by atoms with van der Waals surface area (Å²) in [6.45, 7) is 2.13. The average molecular weight is 235 g/mol. The number of nitrogens with one attached hydrogen (secondary N) is 1. The second kappa shape index (κ2) is 4.35. The van der Waals surface area contributed by atoms with Gasteiger partial charge in [-0.05, 0) is 37.3 Å². The molecule has 2 nitrogen and oxygen atoms in total. The van der Waals surface area contributed by atoms with Crippen LogP contribution in [0.4, 0.5) is 5.69 Å². The van der Waals surface area contributed by atoms with Crippen molar-refractivity contribution in [1.29, 1.82) is 5.26 Å². The third-order valence-corrected chi connectivity index (χ3v) is 3.81. The number of rotatable bonds is 2. The van der Waals surface area contributed by atoms with E-state index in [1.54, 1.807) is 0 Å². The van der Waals surface area contributed by atoms with Crippen LogP contribution in [-0.2, 0) is 0 Å². The molecule has 3 heteroatoms. The smallest absolute Gasteiger partial charge is 0.128 e. The van der Waals surface area contributed by atoms with Crippen molar-refractivity contribution in [3.63, 3.8) is 0 Å². The Balaban J connectivity index is 2.27. The highest BCUT2D eigenvalue weighted by Gasteiger charge is 2.40. The lowest BCUT2D eigenvalue weighted by atomic mass is 9.89. The number of benzene rings is 1. The Kier molecular flexibility index (Phi) is 3.07. The Hall–Kier alpha value is -1.20. The van der Waals surface area contributed by atoms with Crippen LogP contribution in [-0.4, -0.2) is 5.54 Å². The summed E-state index contributed by atoms with van der Waals surface area (Å²) in [5.74, 6) is 0.369. The van der Waals surface area contributed by atoms with E-state index < -0.39 is 5.54 Å². The van der Waals surface area contributed by atoms with E-state index in [-0.39, 0.29) is 0 Å². The fourth-order valence-electron chi connectivity index (χ4n) is 2.36. The van der Waals surface area contributed by atoms with Crippen LogP contribution in [0.2, 0.25) is 5.02 Å². The molecule has 1 saturated carbocycles. The van der Waals surface area contributed by atoms with E-state index in [0.29, 0.717) is 10.9 Å². The van der Waals surface area contributed by atoms with E-state index in [0.717, 1.165) is 24.9 Å². The van der Waals surface area contributed by atoms with Crippen molar-refractivity contribution in [2.24, 2.45) is 5.92 Å². The van der Waals surface area contributed by atoms with Crippen LogP contribution in [0, 0.1) is 17.2 Å². The maximum Gasteiger partial charge on any atom is 0.128 e. The average Bonchev–Trinajstić information content (AvgIpc) is 2.64. The zero-order valence-electron chi connectivity index (χ0n) is 9.33. The lowest BCUT2D eigenvalue weighted by molar-refractivity contribution is 0.464. The summed E-state index contributed by atoms with van der Waals surface area (Å²) in [7, 11) is 0. The third-order valence-electron chi connectivity index (χ3n) is 3.48. The molecule has 1 aromatic rings. The molecule has 0 aromatic heterocycles. The van der Waals surface area contributed by atoms with Gasteiger partial charge in [0.15, 0.2) is 0 Å².